The first-order valence-electron chi connectivity index (χ1n) is 18.5. The fraction of sp³-hybridized carbons (Fsp3) is 0.415. The number of alkyl halides is 3. The second kappa shape index (κ2) is 16.3. The molecule has 1 saturated heterocycles. The van der Waals surface area contributed by atoms with Crippen molar-refractivity contribution in [3.8, 4) is 0 Å². The van der Waals surface area contributed by atoms with Crippen LogP contribution in [0.1, 0.15) is 56.8 Å². The molecule has 6 nitrogen and oxygen atoms in total. The Labute approximate surface area is 316 Å². The topological polar surface area (TPSA) is 68.2 Å². The maximum Gasteiger partial charge on any atom is 0.488 e. The van der Waals surface area contributed by atoms with Crippen LogP contribution < -0.4 is 21.2 Å². The average Bonchev–Trinajstić information content (AvgIpc) is 3.10. The van der Waals surface area contributed by atoms with Crippen LogP contribution in [0.15, 0.2) is 91.0 Å². The van der Waals surface area contributed by atoms with E-state index in [4.69, 9.17) is 4.43 Å². The molecule has 0 radical (unpaired) electrons. The van der Waals surface area contributed by atoms with Gasteiger partial charge < -0.3 is 19.8 Å². The molecular weight excluding hydrogens is 716 g/mol. The van der Waals surface area contributed by atoms with E-state index in [0.717, 1.165) is 10.4 Å². The molecule has 0 unspecified atom stereocenters. The molecule has 2 atom stereocenters. The van der Waals surface area contributed by atoms with Crippen molar-refractivity contribution in [2.45, 2.75) is 69.6 Å². The quantitative estimate of drug-likeness (QED) is 0.114. The molecule has 13 heteroatoms. The molecule has 0 saturated carbocycles. The molecular formula is C41H49BF5N3O3Si. The van der Waals surface area contributed by atoms with Crippen LogP contribution in [-0.4, -0.2) is 92.8 Å². The molecule has 3 N–H and O–H groups in total. The van der Waals surface area contributed by atoms with Gasteiger partial charge in [0.2, 0.25) is 0 Å². The van der Waals surface area contributed by atoms with E-state index in [2.05, 4.69) is 5.32 Å². The Bertz CT molecular complexity index is 1820. The predicted octanol–water partition coefficient (Wildman–Crippen LogP) is 5.65. The van der Waals surface area contributed by atoms with E-state index in [9.17, 15) is 14.4 Å². The molecule has 2 heterocycles. The highest BCUT2D eigenvalue weighted by atomic mass is 28.4. The average molecular weight is 766 g/mol. The third-order valence-electron chi connectivity index (χ3n) is 10.8. The first-order chi connectivity index (χ1) is 25.6. The van der Waals surface area contributed by atoms with E-state index in [0.29, 0.717) is 37.2 Å². The van der Waals surface area contributed by atoms with Crippen molar-refractivity contribution in [2.24, 2.45) is 0 Å². The summed E-state index contributed by atoms with van der Waals surface area (Å²) in [6, 6.07) is 24.0. The van der Waals surface area contributed by atoms with Gasteiger partial charge in [0.25, 0.3) is 14.2 Å². The monoisotopic (exact) mass is 765 g/mol. The smallest absolute Gasteiger partial charge is 0.423 e. The van der Waals surface area contributed by atoms with Crippen molar-refractivity contribution in [3.05, 3.63) is 119 Å². The summed E-state index contributed by atoms with van der Waals surface area (Å²) in [7, 11) is -5.11. The van der Waals surface area contributed by atoms with Crippen LogP contribution >= 0.6 is 0 Å². The zero-order valence-corrected chi connectivity index (χ0v) is 32.2. The summed E-state index contributed by atoms with van der Waals surface area (Å²) in [5.41, 5.74) is 1.04. The van der Waals surface area contributed by atoms with Crippen molar-refractivity contribution >= 4 is 37.0 Å². The fourth-order valence-corrected chi connectivity index (χ4v) is 12.8. The van der Waals surface area contributed by atoms with Crippen molar-refractivity contribution in [2.75, 3.05) is 44.8 Å². The summed E-state index contributed by atoms with van der Waals surface area (Å²) in [4.78, 5) is 3.49. The number of likely N-dealkylation sites (tertiary alicyclic amines) is 1. The van der Waals surface area contributed by atoms with Crippen LogP contribution in [0.2, 0.25) is 5.04 Å². The minimum absolute atomic E-state index is 0.0706. The van der Waals surface area contributed by atoms with Crippen molar-refractivity contribution in [3.63, 3.8) is 0 Å². The molecule has 4 aromatic rings. The van der Waals surface area contributed by atoms with E-state index in [-0.39, 0.29) is 29.2 Å². The zero-order chi connectivity index (χ0) is 38.8. The number of rotatable bonds is 14. The van der Waals surface area contributed by atoms with Gasteiger partial charge in [-0.1, -0.05) is 99.6 Å². The lowest BCUT2D eigenvalue weighted by atomic mass is 9.75. The van der Waals surface area contributed by atoms with Crippen molar-refractivity contribution in [1.82, 2.24) is 9.80 Å². The van der Waals surface area contributed by atoms with Gasteiger partial charge in [0.1, 0.15) is 11.6 Å². The SMILES string of the molecule is C[C@@H]1Cc2cc(B(O)O)ccc2[C@@H](c2c(F)cc(NC3CN(CCCF)C3)cc2F)N1CC(F)(F)CO[Si](c1ccccc1)(c1ccccc1)C(C)(C)C. The molecule has 2 aliphatic rings. The normalized spacial score (nSPS) is 18.6. The number of hydrogen-bond acceptors (Lipinski definition) is 6. The maximum atomic E-state index is 16.7. The van der Waals surface area contributed by atoms with Gasteiger partial charge in [0.05, 0.1) is 31.9 Å². The maximum absolute atomic E-state index is 16.7. The molecule has 1 fully saturated rings. The summed E-state index contributed by atoms with van der Waals surface area (Å²) >= 11 is 0. The number of halogens is 5. The number of benzene rings is 4. The van der Waals surface area contributed by atoms with Crippen LogP contribution in [0.5, 0.6) is 0 Å². The molecule has 2 aliphatic heterocycles. The van der Waals surface area contributed by atoms with Crippen LogP contribution in [0.4, 0.5) is 27.6 Å². The Morgan fingerprint density at radius 2 is 1.48 bits per heavy atom. The Kier molecular flexibility index (Phi) is 12.1. The van der Waals surface area contributed by atoms with E-state index < -0.39 is 69.9 Å². The van der Waals surface area contributed by atoms with E-state index in [1.54, 1.807) is 13.0 Å². The number of anilines is 1. The van der Waals surface area contributed by atoms with Crippen LogP contribution in [0.25, 0.3) is 0 Å². The number of hydrogen-bond donors (Lipinski definition) is 3. The molecule has 0 amide bonds. The van der Waals surface area contributed by atoms with E-state index >= 15 is 17.6 Å². The van der Waals surface area contributed by atoms with Gasteiger partial charge in [-0.05, 0) is 63.9 Å². The van der Waals surface area contributed by atoms with Crippen LogP contribution in [0.3, 0.4) is 0 Å². The minimum Gasteiger partial charge on any atom is -0.423 e. The second-order valence-electron chi connectivity index (χ2n) is 15.8. The van der Waals surface area contributed by atoms with Gasteiger partial charge in [0, 0.05) is 36.9 Å². The van der Waals surface area contributed by atoms with Crippen LogP contribution in [-0.2, 0) is 10.8 Å². The van der Waals surface area contributed by atoms with Gasteiger partial charge in [0.15, 0.2) is 0 Å². The zero-order valence-electron chi connectivity index (χ0n) is 31.2. The molecule has 6 rings (SSSR count). The number of fused-ring (bicyclic) bond motifs is 1. The van der Waals surface area contributed by atoms with Gasteiger partial charge >= 0.3 is 7.12 Å². The Morgan fingerprint density at radius 1 is 0.889 bits per heavy atom. The highest BCUT2D eigenvalue weighted by Crippen LogP contribution is 2.43. The lowest BCUT2D eigenvalue weighted by molar-refractivity contribution is -0.0823. The minimum atomic E-state index is -3.45. The summed E-state index contributed by atoms with van der Waals surface area (Å²) in [5.74, 6) is -5.23. The molecule has 288 valence electrons. The van der Waals surface area contributed by atoms with Crippen molar-refractivity contribution < 1.29 is 36.4 Å². The van der Waals surface area contributed by atoms with E-state index in [1.165, 1.54) is 29.2 Å². The third kappa shape index (κ3) is 8.31. The van der Waals surface area contributed by atoms with Crippen molar-refractivity contribution in [1.29, 1.82) is 0 Å². The molecule has 0 aromatic heterocycles. The fourth-order valence-electron chi connectivity index (χ4n) is 8.25. The van der Waals surface area contributed by atoms with Gasteiger partial charge in [-0.25, -0.2) is 17.6 Å². The van der Waals surface area contributed by atoms with Gasteiger partial charge in [-0.15, -0.1) is 0 Å². The van der Waals surface area contributed by atoms with E-state index in [1.807, 2.05) is 86.3 Å². The number of nitrogens with zero attached hydrogens (tertiary/aromatic N) is 2. The summed E-state index contributed by atoms with van der Waals surface area (Å²) < 4.78 is 85.2. The molecule has 0 spiro atoms. The standard InChI is InChI=1S/C41H49BF5N3O3Si/c1-28-20-29-21-30(42(51)52)16-17-35(29)39(38-36(44)22-31(23-37(38)45)48-32-24-49(25-32)19-11-18-43)50(28)26-41(46,47)27-53-54(40(2,3)4,33-12-7-5-8-13-33)34-14-9-6-10-15-34/h5-10,12-17,21-23,28,32,39,48,51-52H,11,18-20,24-27H2,1-4H3/t28-,39+/m1/s1. The predicted molar refractivity (Wildman–Crippen MR) is 207 cm³/mol. The summed E-state index contributed by atoms with van der Waals surface area (Å²) in [6.45, 7) is 7.39. The molecule has 54 heavy (non-hydrogen) atoms. The highest BCUT2D eigenvalue weighted by Gasteiger charge is 2.52. The lowest BCUT2D eigenvalue weighted by Crippen LogP contribution is -2.67. The highest BCUT2D eigenvalue weighted by molar-refractivity contribution is 6.99. The third-order valence-corrected chi connectivity index (χ3v) is 15.8. The molecule has 0 bridgehead atoms. The Morgan fingerprint density at radius 3 is 2.02 bits per heavy atom. The van der Waals surface area contributed by atoms with Gasteiger partial charge in [-0.2, -0.15) is 0 Å². The second-order valence-corrected chi connectivity index (χ2v) is 20.1. The Hall–Kier alpha value is -3.59. The largest absolute Gasteiger partial charge is 0.488 e. The molecule has 0 aliphatic carbocycles. The molecule has 4 aromatic carbocycles. The first kappa shape index (κ1) is 40.1. The number of nitrogens with one attached hydrogen (secondary N) is 1. The van der Waals surface area contributed by atoms with Crippen LogP contribution in [0, 0.1) is 11.6 Å². The first-order valence-corrected chi connectivity index (χ1v) is 20.5. The van der Waals surface area contributed by atoms with Gasteiger partial charge in [-0.3, -0.25) is 14.2 Å². The Balaban J connectivity index is 1.34. The summed E-state index contributed by atoms with van der Waals surface area (Å²) in [5, 5.41) is 24.1. The lowest BCUT2D eigenvalue weighted by Gasteiger charge is -2.46. The summed E-state index contributed by atoms with van der Waals surface area (Å²) in [6.07, 6.45) is 0.660.